The van der Waals surface area contributed by atoms with Crippen molar-refractivity contribution in [3.05, 3.63) is 24.4 Å². The highest BCUT2D eigenvalue weighted by atomic mass is 19.1. The van der Waals surface area contributed by atoms with Crippen LogP contribution in [0.2, 0.25) is 0 Å². The van der Waals surface area contributed by atoms with Gasteiger partial charge in [0, 0.05) is 0 Å². The lowest BCUT2D eigenvalue weighted by molar-refractivity contribution is 0.398. The summed E-state index contributed by atoms with van der Waals surface area (Å²) in [6, 6.07) is 0. The minimum Gasteiger partial charge on any atom is -0.504 e. The first-order chi connectivity index (χ1) is 3.18. The second-order valence-electron chi connectivity index (χ2n) is 0.937. The summed E-state index contributed by atoms with van der Waals surface area (Å²) < 4.78 is 11.4. The molecule has 0 aliphatic heterocycles. The standard InChI is InChI=1S/C4H6FNO/c1-2-3(7)4(5)6/h2,7H,1,6H2/b4-3+. The van der Waals surface area contributed by atoms with Crippen molar-refractivity contribution in [1.82, 2.24) is 0 Å². The minimum absolute atomic E-state index is 0.611. The maximum atomic E-state index is 11.4. The zero-order chi connectivity index (χ0) is 5.86. The molecule has 0 aliphatic carbocycles. The summed E-state index contributed by atoms with van der Waals surface area (Å²) in [5, 5.41) is 8.20. The first-order valence-electron chi connectivity index (χ1n) is 1.65. The van der Waals surface area contributed by atoms with Crippen LogP contribution in [0.3, 0.4) is 0 Å². The summed E-state index contributed by atoms with van der Waals surface area (Å²) in [6.45, 7) is 3.05. The normalized spacial score (nSPS) is 12.7. The van der Waals surface area contributed by atoms with E-state index >= 15 is 0 Å². The Morgan fingerprint density at radius 1 is 1.86 bits per heavy atom. The zero-order valence-corrected chi connectivity index (χ0v) is 3.69. The predicted molar refractivity (Wildman–Crippen MR) is 25.1 cm³/mol. The van der Waals surface area contributed by atoms with Crippen molar-refractivity contribution in [3.63, 3.8) is 0 Å². The number of allylic oxidation sites excluding steroid dienone is 1. The molecule has 0 unspecified atom stereocenters. The number of halogens is 1. The number of rotatable bonds is 1. The van der Waals surface area contributed by atoms with E-state index in [-0.39, 0.29) is 0 Å². The maximum Gasteiger partial charge on any atom is 0.226 e. The number of aliphatic hydroxyl groups excluding tert-OH is 1. The molecule has 40 valence electrons. The van der Waals surface area contributed by atoms with Gasteiger partial charge in [0.1, 0.15) is 0 Å². The van der Waals surface area contributed by atoms with Crippen LogP contribution in [0, 0.1) is 0 Å². The second kappa shape index (κ2) is 2.23. The fourth-order valence-electron chi connectivity index (χ4n) is 0.0975. The van der Waals surface area contributed by atoms with Gasteiger partial charge in [-0.05, 0) is 6.08 Å². The number of hydrogen-bond acceptors (Lipinski definition) is 2. The Balaban J connectivity index is 3.98. The van der Waals surface area contributed by atoms with Gasteiger partial charge in [0.2, 0.25) is 5.95 Å². The highest BCUT2D eigenvalue weighted by Gasteiger charge is 1.88. The third-order valence-electron chi connectivity index (χ3n) is 0.438. The largest absolute Gasteiger partial charge is 0.504 e. The smallest absolute Gasteiger partial charge is 0.226 e. The molecule has 7 heavy (non-hydrogen) atoms. The third-order valence-corrected chi connectivity index (χ3v) is 0.438. The van der Waals surface area contributed by atoms with Crippen molar-refractivity contribution in [2.24, 2.45) is 5.73 Å². The van der Waals surface area contributed by atoms with Crippen LogP contribution in [0.4, 0.5) is 4.39 Å². The quantitative estimate of drug-likeness (QED) is 0.293. The average molecular weight is 103 g/mol. The first kappa shape index (κ1) is 6.01. The molecule has 0 aromatic heterocycles. The fraction of sp³-hybridized carbons (Fsp3) is 0. The summed E-state index contributed by atoms with van der Waals surface area (Å²) >= 11 is 0. The lowest BCUT2D eigenvalue weighted by Crippen LogP contribution is -1.92. The van der Waals surface area contributed by atoms with E-state index in [1.165, 1.54) is 0 Å². The van der Waals surface area contributed by atoms with E-state index in [9.17, 15) is 4.39 Å². The second-order valence-corrected chi connectivity index (χ2v) is 0.937. The van der Waals surface area contributed by atoms with Crippen LogP contribution in [0.25, 0.3) is 0 Å². The monoisotopic (exact) mass is 103 g/mol. The van der Waals surface area contributed by atoms with Gasteiger partial charge in [-0.25, -0.2) is 0 Å². The molecule has 0 bridgehead atoms. The highest BCUT2D eigenvalue weighted by molar-refractivity contribution is 5.08. The van der Waals surface area contributed by atoms with Crippen molar-refractivity contribution < 1.29 is 9.50 Å². The van der Waals surface area contributed by atoms with Gasteiger partial charge in [0.25, 0.3) is 0 Å². The van der Waals surface area contributed by atoms with Crippen LogP contribution >= 0.6 is 0 Å². The number of hydrogen-bond donors (Lipinski definition) is 2. The Kier molecular flexibility index (Phi) is 1.91. The molecule has 0 amide bonds. The van der Waals surface area contributed by atoms with E-state index in [0.29, 0.717) is 0 Å². The first-order valence-corrected chi connectivity index (χ1v) is 1.65. The Bertz CT molecular complexity index is 104. The molecule has 0 aromatic rings. The van der Waals surface area contributed by atoms with Gasteiger partial charge in [-0.1, -0.05) is 6.58 Å². The molecule has 0 saturated carbocycles. The van der Waals surface area contributed by atoms with Crippen molar-refractivity contribution in [2.75, 3.05) is 0 Å². The topological polar surface area (TPSA) is 46.2 Å². The summed E-state index contributed by atoms with van der Waals surface area (Å²) in [5.74, 6) is -1.71. The van der Waals surface area contributed by atoms with Crippen LogP contribution in [-0.2, 0) is 0 Å². The zero-order valence-electron chi connectivity index (χ0n) is 3.69. The molecule has 0 fully saturated rings. The van der Waals surface area contributed by atoms with Gasteiger partial charge in [0.15, 0.2) is 5.76 Å². The van der Waals surface area contributed by atoms with Crippen LogP contribution < -0.4 is 5.73 Å². The summed E-state index contributed by atoms with van der Waals surface area (Å²) in [6.07, 6.45) is 0.926. The SMILES string of the molecule is C=C/C(O)=C(\N)F. The summed E-state index contributed by atoms with van der Waals surface area (Å²) in [5.41, 5.74) is 4.44. The van der Waals surface area contributed by atoms with Gasteiger partial charge in [-0.15, -0.1) is 0 Å². The molecule has 0 aliphatic rings. The molecular weight excluding hydrogens is 97.0 g/mol. The molecule has 0 rings (SSSR count). The predicted octanol–water partition coefficient (Wildman–Crippen LogP) is 0.828. The summed E-state index contributed by atoms with van der Waals surface area (Å²) in [7, 11) is 0. The fourth-order valence-corrected chi connectivity index (χ4v) is 0.0975. The van der Waals surface area contributed by atoms with Crippen LogP contribution in [0.1, 0.15) is 0 Å². The van der Waals surface area contributed by atoms with Crippen molar-refractivity contribution in [2.45, 2.75) is 0 Å². The molecule has 0 spiro atoms. The Morgan fingerprint density at radius 3 is 2.29 bits per heavy atom. The number of aliphatic hydroxyl groups is 1. The minimum atomic E-state index is -1.10. The third kappa shape index (κ3) is 1.81. The van der Waals surface area contributed by atoms with E-state index in [1.54, 1.807) is 0 Å². The average Bonchev–Trinajstić information content (AvgIpc) is 1.65. The van der Waals surface area contributed by atoms with Crippen molar-refractivity contribution in [3.8, 4) is 0 Å². The van der Waals surface area contributed by atoms with Gasteiger partial charge < -0.3 is 10.8 Å². The van der Waals surface area contributed by atoms with E-state index in [1.807, 2.05) is 0 Å². The Morgan fingerprint density at radius 2 is 2.29 bits per heavy atom. The lowest BCUT2D eigenvalue weighted by atomic mass is 10.5. The van der Waals surface area contributed by atoms with E-state index < -0.39 is 11.7 Å². The molecule has 0 radical (unpaired) electrons. The Labute approximate surface area is 40.8 Å². The van der Waals surface area contributed by atoms with Gasteiger partial charge >= 0.3 is 0 Å². The van der Waals surface area contributed by atoms with Crippen LogP contribution in [0.15, 0.2) is 24.4 Å². The van der Waals surface area contributed by atoms with Crippen LogP contribution in [0.5, 0.6) is 0 Å². The lowest BCUT2D eigenvalue weighted by Gasteiger charge is -1.85. The molecule has 2 nitrogen and oxygen atoms in total. The van der Waals surface area contributed by atoms with Gasteiger partial charge in [-0.2, -0.15) is 4.39 Å². The molecule has 0 saturated heterocycles. The molecular formula is C4H6FNO. The molecule has 0 atom stereocenters. The maximum absolute atomic E-state index is 11.4. The molecule has 3 N–H and O–H groups in total. The van der Waals surface area contributed by atoms with E-state index in [2.05, 4.69) is 12.3 Å². The number of nitrogens with two attached hydrogens (primary N) is 1. The van der Waals surface area contributed by atoms with Gasteiger partial charge in [0.05, 0.1) is 0 Å². The summed E-state index contributed by atoms with van der Waals surface area (Å²) in [4.78, 5) is 0. The molecule has 0 heterocycles. The molecule has 0 aromatic carbocycles. The van der Waals surface area contributed by atoms with E-state index in [4.69, 9.17) is 5.11 Å². The van der Waals surface area contributed by atoms with Crippen molar-refractivity contribution in [1.29, 1.82) is 0 Å². The van der Waals surface area contributed by atoms with Crippen LogP contribution in [-0.4, -0.2) is 5.11 Å². The highest BCUT2D eigenvalue weighted by Crippen LogP contribution is 1.93. The van der Waals surface area contributed by atoms with Crippen molar-refractivity contribution >= 4 is 0 Å². The van der Waals surface area contributed by atoms with Gasteiger partial charge in [-0.3, -0.25) is 0 Å². The van der Waals surface area contributed by atoms with E-state index in [0.717, 1.165) is 6.08 Å². The Hall–Kier alpha value is -0.990. The molecule has 3 heteroatoms.